The highest BCUT2D eigenvalue weighted by Gasteiger charge is 2.27. The average molecular weight is 650 g/mol. The smallest absolute Gasteiger partial charge is 0.374 e. The lowest BCUT2D eigenvalue weighted by Gasteiger charge is -2.20. The molecule has 3 aromatic carbocycles. The number of thioether (sulfide) groups is 1. The Hall–Kier alpha value is -2.87. The first-order valence-electron chi connectivity index (χ1n) is 13.3. The van der Waals surface area contributed by atoms with Crippen LogP contribution >= 0.6 is 23.4 Å². The molecule has 0 saturated carbocycles. The molecular formula is C29H30ClN2O7S3+. The van der Waals surface area contributed by atoms with E-state index in [9.17, 15) is 25.9 Å². The maximum absolute atomic E-state index is 11.5. The van der Waals surface area contributed by atoms with Gasteiger partial charge >= 0.3 is 5.89 Å². The van der Waals surface area contributed by atoms with Gasteiger partial charge in [-0.2, -0.15) is 21.4 Å². The number of nitrogens with zero attached hydrogens (tertiary/aromatic N) is 2. The minimum atomic E-state index is -4.12. The monoisotopic (exact) mass is 649 g/mol. The molecule has 0 radical (unpaired) electrons. The molecule has 222 valence electrons. The van der Waals surface area contributed by atoms with Crippen LogP contribution < -0.4 is 9.47 Å². The topological polar surface area (TPSA) is 129 Å². The van der Waals surface area contributed by atoms with E-state index >= 15 is 0 Å². The SMILES string of the molecule is CCC(=Cc1oc2ccc3ccccc3c2[n+]1CCCS(=O)(=O)O)C=C1Sc2ccc(Cl)cc2N1CCCS(=O)(=O)O. The zero-order chi connectivity index (χ0) is 30.1. The second kappa shape index (κ2) is 12.4. The number of oxazole rings is 1. The van der Waals surface area contributed by atoms with Gasteiger partial charge in [0.25, 0.3) is 25.8 Å². The van der Waals surface area contributed by atoms with Crippen LogP contribution in [0.4, 0.5) is 5.69 Å². The quantitative estimate of drug-likeness (QED) is 0.141. The van der Waals surface area contributed by atoms with Gasteiger partial charge in [0, 0.05) is 22.9 Å². The minimum Gasteiger partial charge on any atom is -0.398 e. The van der Waals surface area contributed by atoms with Crippen LogP contribution in [0.1, 0.15) is 32.1 Å². The minimum absolute atomic E-state index is 0.193. The molecule has 9 nitrogen and oxygen atoms in total. The Morgan fingerprint density at radius 3 is 2.50 bits per heavy atom. The molecule has 0 aliphatic carbocycles. The van der Waals surface area contributed by atoms with Gasteiger partial charge in [-0.1, -0.05) is 54.6 Å². The van der Waals surface area contributed by atoms with E-state index in [1.807, 2.05) is 77.1 Å². The number of allylic oxidation sites excluding steroid dienone is 2. The standard InChI is InChI=1S/C29H29ClN2O7S3/c1-2-20(18-28-31(13-5-15-41(33,34)35)24-19-22(30)10-12-26(24)40-28)17-27-32(14-6-16-42(36,37)38)29-23-8-4-3-7-21(23)9-11-25(29)39-27/h3-4,7-12,17-19H,2,5-6,13-16H2,1H3,(H-,33,34,35,36,37,38)/p+1. The van der Waals surface area contributed by atoms with Crippen LogP contribution in [0, 0.1) is 0 Å². The summed E-state index contributed by atoms with van der Waals surface area (Å²) in [5, 5.41) is 3.41. The van der Waals surface area contributed by atoms with Crippen molar-refractivity contribution in [3.63, 3.8) is 0 Å². The molecule has 0 unspecified atom stereocenters. The van der Waals surface area contributed by atoms with Gasteiger partial charge in [-0.15, -0.1) is 0 Å². The van der Waals surface area contributed by atoms with E-state index in [2.05, 4.69) is 0 Å². The van der Waals surface area contributed by atoms with Crippen molar-refractivity contribution < 1.29 is 34.9 Å². The number of anilines is 1. The fourth-order valence-electron chi connectivity index (χ4n) is 4.99. The third-order valence-electron chi connectivity index (χ3n) is 6.90. The van der Waals surface area contributed by atoms with Crippen molar-refractivity contribution in [3.05, 3.63) is 82.2 Å². The van der Waals surface area contributed by atoms with E-state index in [1.165, 1.54) is 11.8 Å². The van der Waals surface area contributed by atoms with Gasteiger partial charge in [0.1, 0.15) is 0 Å². The van der Waals surface area contributed by atoms with Crippen LogP contribution in [0.3, 0.4) is 0 Å². The van der Waals surface area contributed by atoms with Crippen LogP contribution in [0.25, 0.3) is 27.9 Å². The van der Waals surface area contributed by atoms with Crippen molar-refractivity contribution in [3.8, 4) is 0 Å². The summed E-state index contributed by atoms with van der Waals surface area (Å²) in [4.78, 5) is 2.97. The van der Waals surface area contributed by atoms with Gasteiger partial charge in [-0.05, 0) is 60.2 Å². The first-order chi connectivity index (χ1) is 19.9. The number of fused-ring (bicyclic) bond motifs is 4. The van der Waals surface area contributed by atoms with Gasteiger partial charge in [-0.25, -0.2) is 0 Å². The lowest BCUT2D eigenvalue weighted by molar-refractivity contribution is -0.677. The number of hydrogen-bond acceptors (Lipinski definition) is 7. The first-order valence-corrected chi connectivity index (χ1v) is 17.7. The fourth-order valence-corrected chi connectivity index (χ4v) is 7.29. The summed E-state index contributed by atoms with van der Waals surface area (Å²) in [6, 6.07) is 17.3. The van der Waals surface area contributed by atoms with Crippen molar-refractivity contribution in [1.29, 1.82) is 0 Å². The van der Waals surface area contributed by atoms with Crippen LogP contribution in [0.15, 0.2) is 80.6 Å². The van der Waals surface area contributed by atoms with Crippen molar-refractivity contribution in [2.45, 2.75) is 37.6 Å². The number of benzene rings is 3. The van der Waals surface area contributed by atoms with Crippen LogP contribution in [0.2, 0.25) is 5.02 Å². The number of aryl methyl sites for hydroxylation is 1. The summed E-state index contributed by atoms with van der Waals surface area (Å²) in [6.45, 7) is 2.67. The van der Waals surface area contributed by atoms with Gasteiger partial charge in [-0.3, -0.25) is 9.11 Å². The molecule has 2 N–H and O–H groups in total. The Balaban J connectivity index is 1.56. The van der Waals surface area contributed by atoms with Crippen molar-refractivity contribution >= 4 is 77.2 Å². The lowest BCUT2D eigenvalue weighted by Crippen LogP contribution is -2.36. The third-order valence-corrected chi connectivity index (χ3v) is 9.86. The van der Waals surface area contributed by atoms with E-state index in [4.69, 9.17) is 16.0 Å². The largest absolute Gasteiger partial charge is 0.398 e. The molecule has 0 spiro atoms. The Labute approximate surface area is 254 Å². The van der Waals surface area contributed by atoms with Gasteiger partial charge in [0.05, 0.1) is 33.7 Å². The number of rotatable bonds is 11. The molecule has 1 aromatic heterocycles. The van der Waals surface area contributed by atoms with Crippen LogP contribution in [-0.2, 0) is 26.8 Å². The summed E-state index contributed by atoms with van der Waals surface area (Å²) >= 11 is 7.82. The molecule has 4 aromatic rings. The molecule has 0 atom stereocenters. The molecule has 0 amide bonds. The molecular weight excluding hydrogens is 620 g/mol. The van der Waals surface area contributed by atoms with Crippen LogP contribution in [-0.4, -0.2) is 44.0 Å². The van der Waals surface area contributed by atoms with E-state index in [0.29, 0.717) is 36.0 Å². The van der Waals surface area contributed by atoms with Gasteiger partial charge < -0.3 is 9.32 Å². The lowest BCUT2D eigenvalue weighted by atomic mass is 10.1. The van der Waals surface area contributed by atoms with Gasteiger partial charge in [0.2, 0.25) is 5.58 Å². The molecule has 0 fully saturated rings. The zero-order valence-corrected chi connectivity index (χ0v) is 25.9. The summed E-state index contributed by atoms with van der Waals surface area (Å²) in [5.41, 5.74) is 3.27. The number of halogens is 1. The maximum atomic E-state index is 11.5. The molecule has 0 saturated heterocycles. The number of hydrogen-bond donors (Lipinski definition) is 2. The van der Waals surface area contributed by atoms with Crippen LogP contribution in [0.5, 0.6) is 0 Å². The first kappa shape index (κ1) is 30.6. The van der Waals surface area contributed by atoms with Crippen molar-refractivity contribution in [1.82, 2.24) is 0 Å². The van der Waals surface area contributed by atoms with Crippen molar-refractivity contribution in [2.24, 2.45) is 0 Å². The maximum Gasteiger partial charge on any atom is 0.374 e. The second-order valence-electron chi connectivity index (χ2n) is 9.93. The second-order valence-corrected chi connectivity index (χ2v) is 14.6. The molecule has 5 rings (SSSR count). The molecule has 13 heteroatoms. The van der Waals surface area contributed by atoms with E-state index < -0.39 is 20.2 Å². The third kappa shape index (κ3) is 7.19. The average Bonchev–Trinajstić information content (AvgIpc) is 3.44. The molecule has 2 heterocycles. The Kier molecular flexibility index (Phi) is 9.02. The van der Waals surface area contributed by atoms with E-state index in [-0.39, 0.29) is 24.3 Å². The van der Waals surface area contributed by atoms with E-state index in [1.54, 1.807) is 6.07 Å². The van der Waals surface area contributed by atoms with E-state index in [0.717, 1.165) is 37.5 Å². The highest BCUT2D eigenvalue weighted by molar-refractivity contribution is 8.03. The molecule has 42 heavy (non-hydrogen) atoms. The predicted octanol–water partition coefficient (Wildman–Crippen LogP) is 6.33. The Morgan fingerprint density at radius 2 is 1.76 bits per heavy atom. The highest BCUT2D eigenvalue weighted by Crippen LogP contribution is 2.47. The van der Waals surface area contributed by atoms with Gasteiger partial charge in [0.15, 0.2) is 6.54 Å². The van der Waals surface area contributed by atoms with Crippen molar-refractivity contribution in [2.75, 3.05) is 23.0 Å². The molecule has 1 aliphatic heterocycles. The summed E-state index contributed by atoms with van der Waals surface area (Å²) in [6.07, 6.45) is 4.99. The Bertz CT molecular complexity index is 1930. The Morgan fingerprint density at radius 1 is 1.02 bits per heavy atom. The zero-order valence-electron chi connectivity index (χ0n) is 22.7. The summed E-state index contributed by atoms with van der Waals surface area (Å²) < 4.78 is 72.4. The summed E-state index contributed by atoms with van der Waals surface area (Å²) in [7, 11) is -8.22. The normalized spacial score (nSPS) is 15.3. The fraction of sp³-hybridized carbons (Fsp3) is 0.276. The molecule has 0 bridgehead atoms. The molecule has 1 aliphatic rings. The number of aromatic nitrogens is 1. The predicted molar refractivity (Wildman–Crippen MR) is 167 cm³/mol. The highest BCUT2D eigenvalue weighted by atomic mass is 35.5. The summed E-state index contributed by atoms with van der Waals surface area (Å²) in [5.74, 6) is -0.196.